The summed E-state index contributed by atoms with van der Waals surface area (Å²) in [6.45, 7) is 7.66. The van der Waals surface area contributed by atoms with Crippen LogP contribution in [-0.2, 0) is 0 Å². The van der Waals surface area contributed by atoms with E-state index in [1.54, 1.807) is 0 Å². The van der Waals surface area contributed by atoms with Crippen LogP contribution in [0.4, 0.5) is 0 Å². The van der Waals surface area contributed by atoms with Gasteiger partial charge in [-0.25, -0.2) is 0 Å². The molecule has 1 unspecified atom stereocenters. The minimum absolute atomic E-state index is 0.214. The highest BCUT2D eigenvalue weighted by molar-refractivity contribution is 4.78. The molecule has 1 fully saturated rings. The molecule has 1 aliphatic heterocycles. The summed E-state index contributed by atoms with van der Waals surface area (Å²) in [5.41, 5.74) is 0. The number of β-amino-alcohol motifs (C(OH)–C–C–N with tert-alkyl or cyclic N) is 1. The number of piperazine rings is 1. The van der Waals surface area contributed by atoms with Crippen molar-refractivity contribution in [3.63, 3.8) is 0 Å². The van der Waals surface area contributed by atoms with E-state index in [0.717, 1.165) is 26.2 Å². The Morgan fingerprint density at radius 3 is 3.10 bits per heavy atom. The summed E-state index contributed by atoms with van der Waals surface area (Å²) in [6.07, 6.45) is -0.214. The highest BCUT2D eigenvalue weighted by Gasteiger charge is 2.10. The van der Waals surface area contributed by atoms with Crippen LogP contribution in [-0.4, -0.2) is 42.3 Å². The Morgan fingerprint density at radius 1 is 1.80 bits per heavy atom. The zero-order valence-corrected chi connectivity index (χ0v) is 6.38. The number of aliphatic hydroxyl groups is 1. The zero-order chi connectivity index (χ0) is 7.40. The van der Waals surface area contributed by atoms with Gasteiger partial charge in [0.2, 0.25) is 0 Å². The molecule has 0 aromatic heterocycles. The summed E-state index contributed by atoms with van der Waals surface area (Å²) in [6, 6.07) is 0. The van der Waals surface area contributed by atoms with Crippen molar-refractivity contribution < 1.29 is 5.11 Å². The number of rotatable bonds is 2. The van der Waals surface area contributed by atoms with Crippen molar-refractivity contribution in [3.05, 3.63) is 6.54 Å². The topological polar surface area (TPSA) is 35.5 Å². The van der Waals surface area contributed by atoms with Gasteiger partial charge in [0.15, 0.2) is 0 Å². The Labute approximate surface area is 62.0 Å². The first-order valence-electron chi connectivity index (χ1n) is 3.75. The Morgan fingerprint density at radius 2 is 2.60 bits per heavy atom. The van der Waals surface area contributed by atoms with Gasteiger partial charge in [0, 0.05) is 32.7 Å². The monoisotopic (exact) mass is 143 g/mol. The molecule has 1 atom stereocenters. The van der Waals surface area contributed by atoms with Gasteiger partial charge in [0.25, 0.3) is 0 Å². The molecule has 1 saturated heterocycles. The van der Waals surface area contributed by atoms with E-state index in [2.05, 4.69) is 16.8 Å². The molecule has 1 aliphatic rings. The molecule has 0 bridgehead atoms. The van der Waals surface area contributed by atoms with Crippen LogP contribution in [0.5, 0.6) is 0 Å². The predicted molar refractivity (Wildman–Crippen MR) is 40.4 cm³/mol. The second-order valence-corrected chi connectivity index (χ2v) is 2.73. The number of nitrogens with one attached hydrogen (secondary N) is 1. The lowest BCUT2D eigenvalue weighted by atomic mass is 10.3. The van der Waals surface area contributed by atoms with Crippen LogP contribution in [0.25, 0.3) is 0 Å². The maximum absolute atomic E-state index is 9.02. The van der Waals surface area contributed by atoms with Gasteiger partial charge < -0.3 is 10.4 Å². The lowest BCUT2D eigenvalue weighted by Crippen LogP contribution is -2.42. The van der Waals surface area contributed by atoms with E-state index in [1.807, 2.05) is 6.92 Å². The SMILES string of the molecule is CC(O)CN1[CH]CNCC1. The highest BCUT2D eigenvalue weighted by atomic mass is 16.3. The molecule has 2 N–H and O–H groups in total. The van der Waals surface area contributed by atoms with Crippen LogP contribution in [0.1, 0.15) is 6.92 Å². The highest BCUT2D eigenvalue weighted by Crippen LogP contribution is 1.97. The molecular weight excluding hydrogens is 128 g/mol. The first kappa shape index (κ1) is 7.98. The minimum Gasteiger partial charge on any atom is -0.392 e. The van der Waals surface area contributed by atoms with Crippen LogP contribution in [0, 0.1) is 6.54 Å². The van der Waals surface area contributed by atoms with Gasteiger partial charge in [-0.3, -0.25) is 4.90 Å². The van der Waals surface area contributed by atoms with Gasteiger partial charge in [-0.1, -0.05) is 0 Å². The van der Waals surface area contributed by atoms with Crippen molar-refractivity contribution in [2.45, 2.75) is 13.0 Å². The summed E-state index contributed by atoms with van der Waals surface area (Å²) in [5, 5.41) is 12.2. The Balaban J connectivity index is 2.13. The summed E-state index contributed by atoms with van der Waals surface area (Å²) in [4.78, 5) is 2.15. The molecule has 1 radical (unpaired) electrons. The number of nitrogens with zero attached hydrogens (tertiary/aromatic N) is 1. The second-order valence-electron chi connectivity index (χ2n) is 2.73. The van der Waals surface area contributed by atoms with E-state index in [4.69, 9.17) is 5.11 Å². The third kappa shape index (κ3) is 2.64. The largest absolute Gasteiger partial charge is 0.392 e. The van der Waals surface area contributed by atoms with Crippen LogP contribution >= 0.6 is 0 Å². The van der Waals surface area contributed by atoms with E-state index < -0.39 is 0 Å². The molecule has 0 saturated carbocycles. The van der Waals surface area contributed by atoms with E-state index in [0.29, 0.717) is 0 Å². The van der Waals surface area contributed by atoms with Gasteiger partial charge in [0.05, 0.1) is 6.10 Å². The maximum atomic E-state index is 9.02. The second kappa shape index (κ2) is 3.91. The fourth-order valence-corrected chi connectivity index (χ4v) is 1.11. The van der Waals surface area contributed by atoms with Crippen molar-refractivity contribution in [2.75, 3.05) is 26.2 Å². The van der Waals surface area contributed by atoms with Crippen LogP contribution in [0.15, 0.2) is 0 Å². The summed E-state index contributed by atoms with van der Waals surface area (Å²) in [7, 11) is 0. The first-order valence-corrected chi connectivity index (χ1v) is 3.75. The Kier molecular flexibility index (Phi) is 3.12. The smallest absolute Gasteiger partial charge is 0.0639 e. The van der Waals surface area contributed by atoms with Crippen molar-refractivity contribution in [3.8, 4) is 0 Å². The van der Waals surface area contributed by atoms with E-state index in [1.165, 1.54) is 0 Å². The van der Waals surface area contributed by atoms with Crippen LogP contribution in [0.3, 0.4) is 0 Å². The molecule has 3 nitrogen and oxygen atoms in total. The molecule has 0 amide bonds. The van der Waals surface area contributed by atoms with Gasteiger partial charge >= 0.3 is 0 Å². The molecule has 1 rings (SSSR count). The van der Waals surface area contributed by atoms with E-state index in [-0.39, 0.29) is 6.10 Å². The van der Waals surface area contributed by atoms with Gasteiger partial charge in [-0.15, -0.1) is 0 Å². The minimum atomic E-state index is -0.214. The van der Waals surface area contributed by atoms with E-state index in [9.17, 15) is 0 Å². The lowest BCUT2D eigenvalue weighted by Gasteiger charge is -2.27. The fourth-order valence-electron chi connectivity index (χ4n) is 1.11. The molecule has 1 heterocycles. The zero-order valence-electron chi connectivity index (χ0n) is 6.38. The normalized spacial score (nSPS) is 24.6. The first-order chi connectivity index (χ1) is 4.79. The van der Waals surface area contributed by atoms with Gasteiger partial charge in [0.1, 0.15) is 0 Å². The molecular formula is C7H15N2O. The summed E-state index contributed by atoms with van der Waals surface area (Å²) in [5.74, 6) is 0. The van der Waals surface area contributed by atoms with Crippen molar-refractivity contribution in [1.82, 2.24) is 10.2 Å². The van der Waals surface area contributed by atoms with Gasteiger partial charge in [-0.05, 0) is 6.92 Å². The molecule has 0 spiro atoms. The molecule has 0 aromatic rings. The number of hydrogen-bond donors (Lipinski definition) is 2. The molecule has 3 heteroatoms. The van der Waals surface area contributed by atoms with Gasteiger partial charge in [-0.2, -0.15) is 0 Å². The molecule has 59 valence electrons. The molecule has 10 heavy (non-hydrogen) atoms. The standard InChI is InChI=1S/C7H15N2O/c1-7(10)6-9-4-2-8-3-5-9/h4,7-8,10H,2-3,5-6H2,1H3. The number of aliphatic hydroxyl groups excluding tert-OH is 1. The average Bonchev–Trinajstić information content (AvgIpc) is 1.88. The number of hydrogen-bond acceptors (Lipinski definition) is 3. The lowest BCUT2D eigenvalue weighted by molar-refractivity contribution is 0.135. The summed E-state index contributed by atoms with van der Waals surface area (Å²) >= 11 is 0. The van der Waals surface area contributed by atoms with Crippen molar-refractivity contribution >= 4 is 0 Å². The van der Waals surface area contributed by atoms with E-state index >= 15 is 0 Å². The Bertz CT molecular complexity index is 89.6. The molecule has 0 aromatic carbocycles. The van der Waals surface area contributed by atoms with Crippen LogP contribution < -0.4 is 5.32 Å². The Hall–Kier alpha value is -0.120. The van der Waals surface area contributed by atoms with Crippen LogP contribution in [0.2, 0.25) is 0 Å². The van der Waals surface area contributed by atoms with Crippen molar-refractivity contribution in [2.24, 2.45) is 0 Å². The third-order valence-corrected chi connectivity index (χ3v) is 1.57. The third-order valence-electron chi connectivity index (χ3n) is 1.57. The van der Waals surface area contributed by atoms with Crippen molar-refractivity contribution in [1.29, 1.82) is 0 Å². The fraction of sp³-hybridized carbons (Fsp3) is 0.857. The predicted octanol–water partition coefficient (Wildman–Crippen LogP) is -0.566. The maximum Gasteiger partial charge on any atom is 0.0639 e. The average molecular weight is 143 g/mol. The summed E-state index contributed by atoms with van der Waals surface area (Å²) < 4.78 is 0. The quantitative estimate of drug-likeness (QED) is 0.543. The molecule has 0 aliphatic carbocycles.